The van der Waals surface area contributed by atoms with Crippen LogP contribution < -0.4 is 10.6 Å². The van der Waals surface area contributed by atoms with Crippen molar-refractivity contribution in [3.63, 3.8) is 0 Å². The average molecular weight is 252 g/mol. The maximum Gasteiger partial charge on any atom is 0.237 e. The van der Waals surface area contributed by atoms with Gasteiger partial charge in [0.2, 0.25) is 5.91 Å². The van der Waals surface area contributed by atoms with Crippen molar-refractivity contribution in [2.45, 2.75) is 38.8 Å². The van der Waals surface area contributed by atoms with Gasteiger partial charge in [-0.05, 0) is 37.3 Å². The third kappa shape index (κ3) is 3.30. The molecule has 3 nitrogen and oxygen atoms in total. The van der Waals surface area contributed by atoms with Gasteiger partial charge in [-0.3, -0.25) is 4.79 Å². The van der Waals surface area contributed by atoms with Crippen LogP contribution in [0.1, 0.15) is 25.1 Å². The Hall–Kier alpha value is -0.870. The monoisotopic (exact) mass is 252 g/mol. The first-order chi connectivity index (χ1) is 8.16. The molecule has 3 atom stereocenters. The minimum Gasteiger partial charge on any atom is -0.352 e. The minimum atomic E-state index is 0.000728. The van der Waals surface area contributed by atoms with Gasteiger partial charge in [0.15, 0.2) is 0 Å². The zero-order chi connectivity index (χ0) is 12.3. The van der Waals surface area contributed by atoms with Crippen molar-refractivity contribution in [3.05, 3.63) is 22.4 Å². The van der Waals surface area contributed by atoms with Crippen LogP contribution in [0.2, 0.25) is 0 Å². The lowest BCUT2D eigenvalue weighted by atomic mass is 10.0. The molecule has 1 fully saturated rings. The second-order valence-electron chi connectivity index (χ2n) is 4.89. The molecule has 1 aromatic heterocycles. The van der Waals surface area contributed by atoms with E-state index in [0.717, 1.165) is 19.4 Å². The maximum atomic E-state index is 12.0. The largest absolute Gasteiger partial charge is 0.352 e. The molecule has 1 saturated heterocycles. The van der Waals surface area contributed by atoms with Crippen LogP contribution in [0.15, 0.2) is 17.5 Å². The van der Waals surface area contributed by atoms with Gasteiger partial charge in [0, 0.05) is 17.3 Å². The Balaban J connectivity index is 1.82. The molecule has 3 unspecified atom stereocenters. The van der Waals surface area contributed by atoms with E-state index in [-0.39, 0.29) is 18.0 Å². The first kappa shape index (κ1) is 12.6. The fourth-order valence-electron chi connectivity index (χ4n) is 2.30. The topological polar surface area (TPSA) is 41.1 Å². The first-order valence-corrected chi connectivity index (χ1v) is 7.11. The molecular weight excluding hydrogens is 232 g/mol. The number of nitrogens with one attached hydrogen (secondary N) is 2. The van der Waals surface area contributed by atoms with Gasteiger partial charge >= 0.3 is 0 Å². The van der Waals surface area contributed by atoms with Gasteiger partial charge in [0.25, 0.3) is 0 Å². The predicted molar refractivity (Wildman–Crippen MR) is 71.2 cm³/mol. The lowest BCUT2D eigenvalue weighted by molar-refractivity contribution is -0.124. The van der Waals surface area contributed by atoms with Crippen LogP contribution in [0.25, 0.3) is 0 Å². The minimum absolute atomic E-state index is 0.000728. The van der Waals surface area contributed by atoms with Crippen LogP contribution in [-0.4, -0.2) is 24.5 Å². The van der Waals surface area contributed by atoms with Crippen molar-refractivity contribution in [2.24, 2.45) is 5.92 Å². The highest BCUT2D eigenvalue weighted by atomic mass is 32.1. The summed E-state index contributed by atoms with van der Waals surface area (Å²) in [4.78, 5) is 13.3. The Morgan fingerprint density at radius 3 is 3.12 bits per heavy atom. The number of rotatable bonds is 4. The molecule has 0 bridgehead atoms. The summed E-state index contributed by atoms with van der Waals surface area (Å²) in [7, 11) is 0. The van der Waals surface area contributed by atoms with E-state index in [0.29, 0.717) is 5.92 Å². The fourth-order valence-corrected chi connectivity index (χ4v) is 3.13. The van der Waals surface area contributed by atoms with Crippen LogP contribution in [-0.2, 0) is 11.2 Å². The molecule has 17 heavy (non-hydrogen) atoms. The molecule has 94 valence electrons. The Kier molecular flexibility index (Phi) is 4.18. The molecule has 1 aliphatic heterocycles. The Bertz CT molecular complexity index is 364. The second kappa shape index (κ2) is 5.65. The molecule has 0 radical (unpaired) electrons. The zero-order valence-electron chi connectivity index (χ0n) is 10.4. The molecule has 4 heteroatoms. The molecular formula is C13H20N2OS. The van der Waals surface area contributed by atoms with Crippen LogP contribution in [0.3, 0.4) is 0 Å². The molecule has 0 spiro atoms. The fraction of sp³-hybridized carbons (Fsp3) is 0.615. The number of thiophene rings is 1. The highest BCUT2D eigenvalue weighted by molar-refractivity contribution is 7.09. The lowest BCUT2D eigenvalue weighted by Gasteiger charge is -2.19. The highest BCUT2D eigenvalue weighted by Gasteiger charge is 2.29. The van der Waals surface area contributed by atoms with Crippen molar-refractivity contribution in [3.8, 4) is 0 Å². The third-order valence-electron chi connectivity index (χ3n) is 3.29. The predicted octanol–water partition coefficient (Wildman–Crippen LogP) is 1.79. The number of carbonyl (C=O) groups is 1. The van der Waals surface area contributed by atoms with E-state index < -0.39 is 0 Å². The van der Waals surface area contributed by atoms with Crippen molar-refractivity contribution >= 4 is 17.2 Å². The van der Waals surface area contributed by atoms with Crippen molar-refractivity contribution in [2.75, 3.05) is 6.54 Å². The van der Waals surface area contributed by atoms with E-state index in [1.807, 2.05) is 0 Å². The highest BCUT2D eigenvalue weighted by Crippen LogP contribution is 2.15. The molecule has 1 aromatic rings. The SMILES string of the molecule is CC(Cc1cccs1)NC(=O)C1NCCC1C. The molecule has 0 aromatic carbocycles. The molecule has 2 rings (SSSR count). The van der Waals surface area contributed by atoms with Gasteiger partial charge in [-0.25, -0.2) is 0 Å². The average Bonchev–Trinajstić information content (AvgIpc) is 2.88. The number of hydrogen-bond donors (Lipinski definition) is 2. The standard InChI is InChI=1S/C13H20N2OS/c1-9-5-6-14-12(9)13(16)15-10(2)8-11-4-3-7-17-11/h3-4,7,9-10,12,14H,5-6,8H2,1-2H3,(H,15,16). The van der Waals surface area contributed by atoms with Crippen LogP contribution in [0.4, 0.5) is 0 Å². The summed E-state index contributed by atoms with van der Waals surface area (Å²) in [6.07, 6.45) is 2.02. The molecule has 0 aliphatic carbocycles. The molecule has 1 aliphatic rings. The summed E-state index contributed by atoms with van der Waals surface area (Å²) in [5, 5.41) is 8.43. The van der Waals surface area contributed by atoms with Gasteiger partial charge in [0.1, 0.15) is 0 Å². The van der Waals surface area contributed by atoms with Gasteiger partial charge in [-0.15, -0.1) is 11.3 Å². The summed E-state index contributed by atoms with van der Waals surface area (Å²) in [6, 6.07) is 4.37. The van der Waals surface area contributed by atoms with E-state index in [1.165, 1.54) is 4.88 Å². The Morgan fingerprint density at radius 1 is 1.71 bits per heavy atom. The van der Waals surface area contributed by atoms with E-state index in [9.17, 15) is 4.79 Å². The summed E-state index contributed by atoms with van der Waals surface area (Å²) in [5.41, 5.74) is 0. The van der Waals surface area contributed by atoms with Gasteiger partial charge < -0.3 is 10.6 Å². The second-order valence-corrected chi connectivity index (χ2v) is 5.92. The van der Waals surface area contributed by atoms with E-state index >= 15 is 0 Å². The summed E-state index contributed by atoms with van der Waals surface area (Å²) in [6.45, 7) is 5.16. The molecule has 2 heterocycles. The van der Waals surface area contributed by atoms with Gasteiger partial charge in [-0.2, -0.15) is 0 Å². The van der Waals surface area contributed by atoms with E-state index in [2.05, 4.69) is 42.0 Å². The Labute approximate surface area is 107 Å². The number of carbonyl (C=O) groups excluding carboxylic acids is 1. The quantitative estimate of drug-likeness (QED) is 0.858. The van der Waals surface area contributed by atoms with E-state index in [4.69, 9.17) is 0 Å². The maximum absolute atomic E-state index is 12.0. The third-order valence-corrected chi connectivity index (χ3v) is 4.19. The molecule has 2 N–H and O–H groups in total. The number of hydrogen-bond acceptors (Lipinski definition) is 3. The van der Waals surface area contributed by atoms with Crippen LogP contribution >= 0.6 is 11.3 Å². The Morgan fingerprint density at radius 2 is 2.53 bits per heavy atom. The smallest absolute Gasteiger partial charge is 0.237 e. The van der Waals surface area contributed by atoms with Gasteiger partial charge in [0.05, 0.1) is 6.04 Å². The molecule has 0 saturated carbocycles. The first-order valence-electron chi connectivity index (χ1n) is 6.23. The molecule has 1 amide bonds. The van der Waals surface area contributed by atoms with Crippen molar-refractivity contribution in [1.29, 1.82) is 0 Å². The zero-order valence-corrected chi connectivity index (χ0v) is 11.2. The van der Waals surface area contributed by atoms with Crippen molar-refractivity contribution in [1.82, 2.24) is 10.6 Å². The lowest BCUT2D eigenvalue weighted by Crippen LogP contribution is -2.46. The van der Waals surface area contributed by atoms with Crippen LogP contribution in [0.5, 0.6) is 0 Å². The van der Waals surface area contributed by atoms with Gasteiger partial charge in [-0.1, -0.05) is 13.0 Å². The van der Waals surface area contributed by atoms with Crippen molar-refractivity contribution < 1.29 is 4.79 Å². The van der Waals surface area contributed by atoms with E-state index in [1.54, 1.807) is 11.3 Å². The number of amides is 1. The summed E-state index contributed by atoms with van der Waals surface area (Å²) in [5.74, 6) is 0.600. The summed E-state index contributed by atoms with van der Waals surface area (Å²) < 4.78 is 0. The van der Waals surface area contributed by atoms with Crippen LogP contribution in [0, 0.1) is 5.92 Å². The normalized spacial score (nSPS) is 25.8. The summed E-state index contributed by atoms with van der Waals surface area (Å²) >= 11 is 1.74.